The summed E-state index contributed by atoms with van der Waals surface area (Å²) in [4.78, 5) is 0. The van der Waals surface area contributed by atoms with E-state index in [0.29, 0.717) is 0 Å². The highest BCUT2D eigenvalue weighted by Crippen LogP contribution is 2.08. The Balaban J connectivity index is 1.87. The maximum Gasteiger partial charge on any atom is 0.234 e. The Hall–Kier alpha value is -3.35. The molecule has 0 bridgehead atoms. The molecule has 0 radical (unpaired) electrons. The maximum atomic E-state index is 9.15. The highest BCUT2D eigenvalue weighted by molar-refractivity contribution is 5.84. The van der Waals surface area contributed by atoms with Crippen LogP contribution in [0, 0.1) is 0 Å². The average Bonchev–Trinajstić information content (AvgIpc) is 2.51. The number of nitrogens with two attached hydrogens (primary N) is 1. The minimum atomic E-state index is 0.0325. The first-order valence-corrected chi connectivity index (χ1v) is 6.37. The maximum absolute atomic E-state index is 9.15. The number of hydrazone groups is 1. The van der Waals surface area contributed by atoms with Crippen LogP contribution < -0.4 is 11.2 Å². The molecule has 112 valence electrons. The number of phenolic OH excluding ortho intramolecular Hbond substituents is 2. The molecule has 2 aromatic carbocycles. The number of aromatic hydroxyl groups is 2. The van der Waals surface area contributed by atoms with Crippen molar-refractivity contribution in [3.05, 3.63) is 59.7 Å². The quantitative estimate of drug-likeness (QED) is 0.387. The van der Waals surface area contributed by atoms with Gasteiger partial charge in [0.05, 0.1) is 12.4 Å². The van der Waals surface area contributed by atoms with Crippen molar-refractivity contribution in [3.8, 4) is 11.5 Å². The molecule has 0 saturated heterocycles. The molecular formula is C15H15N5O2. The first kappa shape index (κ1) is 15.0. The van der Waals surface area contributed by atoms with E-state index >= 15 is 0 Å². The number of benzene rings is 2. The monoisotopic (exact) mass is 297 g/mol. The lowest BCUT2D eigenvalue weighted by molar-refractivity contribution is 0.475. The van der Waals surface area contributed by atoms with Crippen LogP contribution in [0.2, 0.25) is 0 Å². The second kappa shape index (κ2) is 7.44. The SMILES string of the molecule is N/C(=N\N=Cc1ccc(O)cc1)NN=Cc1ccc(O)cc1. The molecule has 0 saturated carbocycles. The summed E-state index contributed by atoms with van der Waals surface area (Å²) in [5.41, 5.74) is 9.68. The van der Waals surface area contributed by atoms with Gasteiger partial charge in [-0.25, -0.2) is 5.43 Å². The van der Waals surface area contributed by atoms with Gasteiger partial charge in [0, 0.05) is 0 Å². The summed E-state index contributed by atoms with van der Waals surface area (Å²) in [6.07, 6.45) is 3.03. The Morgan fingerprint density at radius 3 is 1.91 bits per heavy atom. The standard InChI is InChI=1S/C15H15N5O2/c16-15(19-17-9-11-1-5-13(21)6-2-11)20-18-10-12-3-7-14(22)8-4-12/h1-10,21-22H,(H3,16,19,20). The number of nitrogens with zero attached hydrogens (tertiary/aromatic N) is 3. The third-order valence-corrected chi connectivity index (χ3v) is 2.55. The van der Waals surface area contributed by atoms with Gasteiger partial charge >= 0.3 is 0 Å². The van der Waals surface area contributed by atoms with E-state index in [9.17, 15) is 0 Å². The van der Waals surface area contributed by atoms with E-state index in [1.165, 1.54) is 12.4 Å². The zero-order valence-corrected chi connectivity index (χ0v) is 11.6. The fourth-order valence-electron chi connectivity index (χ4n) is 1.47. The lowest BCUT2D eigenvalue weighted by Crippen LogP contribution is -2.26. The summed E-state index contributed by atoms with van der Waals surface area (Å²) in [6, 6.07) is 13.0. The number of phenols is 2. The highest BCUT2D eigenvalue weighted by Gasteiger charge is 1.90. The minimum Gasteiger partial charge on any atom is -0.508 e. The van der Waals surface area contributed by atoms with Crippen molar-refractivity contribution in [2.24, 2.45) is 21.0 Å². The van der Waals surface area contributed by atoms with Gasteiger partial charge in [-0.05, 0) is 59.7 Å². The Labute approximate surface area is 127 Å². The molecule has 0 aliphatic carbocycles. The number of hydrogen-bond acceptors (Lipinski definition) is 5. The second-order valence-corrected chi connectivity index (χ2v) is 4.28. The molecule has 5 N–H and O–H groups in total. The fourth-order valence-corrected chi connectivity index (χ4v) is 1.47. The molecule has 2 aromatic rings. The smallest absolute Gasteiger partial charge is 0.234 e. The van der Waals surface area contributed by atoms with Crippen LogP contribution in [0.5, 0.6) is 11.5 Å². The molecule has 2 rings (SSSR count). The Morgan fingerprint density at radius 1 is 0.864 bits per heavy atom. The molecule has 0 aromatic heterocycles. The van der Waals surface area contributed by atoms with E-state index < -0.39 is 0 Å². The van der Waals surface area contributed by atoms with Crippen LogP contribution in [0.4, 0.5) is 0 Å². The van der Waals surface area contributed by atoms with Crippen molar-refractivity contribution in [3.63, 3.8) is 0 Å². The zero-order chi connectivity index (χ0) is 15.8. The van der Waals surface area contributed by atoms with Crippen LogP contribution in [0.3, 0.4) is 0 Å². The Bertz CT molecular complexity index is 691. The van der Waals surface area contributed by atoms with Gasteiger partial charge < -0.3 is 15.9 Å². The number of rotatable bonds is 4. The molecule has 7 heteroatoms. The van der Waals surface area contributed by atoms with Crippen molar-refractivity contribution < 1.29 is 10.2 Å². The molecular weight excluding hydrogens is 282 g/mol. The van der Waals surface area contributed by atoms with Gasteiger partial charge in [0.25, 0.3) is 0 Å². The van der Waals surface area contributed by atoms with Crippen molar-refractivity contribution in [2.45, 2.75) is 0 Å². The third-order valence-electron chi connectivity index (χ3n) is 2.55. The average molecular weight is 297 g/mol. The van der Waals surface area contributed by atoms with Crippen LogP contribution >= 0.6 is 0 Å². The van der Waals surface area contributed by atoms with E-state index in [4.69, 9.17) is 15.9 Å². The normalized spacial score (nSPS) is 12.1. The topological polar surface area (TPSA) is 116 Å². The van der Waals surface area contributed by atoms with Crippen molar-refractivity contribution in [2.75, 3.05) is 0 Å². The van der Waals surface area contributed by atoms with Crippen molar-refractivity contribution in [1.82, 2.24) is 5.43 Å². The van der Waals surface area contributed by atoms with Gasteiger partial charge in [-0.15, -0.1) is 5.10 Å². The molecule has 0 unspecified atom stereocenters. The molecule has 0 aliphatic heterocycles. The van der Waals surface area contributed by atoms with Crippen LogP contribution in [0.15, 0.2) is 63.8 Å². The summed E-state index contributed by atoms with van der Waals surface area (Å²) in [6.45, 7) is 0. The Morgan fingerprint density at radius 2 is 1.36 bits per heavy atom. The molecule has 7 nitrogen and oxygen atoms in total. The van der Waals surface area contributed by atoms with E-state index in [-0.39, 0.29) is 17.5 Å². The second-order valence-electron chi connectivity index (χ2n) is 4.28. The molecule has 0 aliphatic rings. The van der Waals surface area contributed by atoms with Gasteiger partial charge in [-0.3, -0.25) is 0 Å². The molecule has 0 spiro atoms. The van der Waals surface area contributed by atoms with Crippen LogP contribution in [-0.4, -0.2) is 28.6 Å². The van der Waals surface area contributed by atoms with Gasteiger partial charge in [-0.1, -0.05) is 0 Å². The number of hydrogen-bond donors (Lipinski definition) is 4. The van der Waals surface area contributed by atoms with Crippen molar-refractivity contribution in [1.29, 1.82) is 0 Å². The molecule has 0 atom stereocenters. The van der Waals surface area contributed by atoms with Crippen LogP contribution in [0.1, 0.15) is 11.1 Å². The lowest BCUT2D eigenvalue weighted by Gasteiger charge is -1.97. The van der Waals surface area contributed by atoms with E-state index in [0.717, 1.165) is 11.1 Å². The first-order valence-electron chi connectivity index (χ1n) is 6.37. The summed E-state index contributed by atoms with van der Waals surface area (Å²) in [5.74, 6) is 0.408. The molecule has 0 heterocycles. The summed E-state index contributed by atoms with van der Waals surface area (Å²) in [5, 5.41) is 29.7. The number of guanidine groups is 1. The van der Waals surface area contributed by atoms with E-state index in [1.54, 1.807) is 48.5 Å². The van der Waals surface area contributed by atoms with Gasteiger partial charge in [-0.2, -0.15) is 10.2 Å². The predicted octanol–water partition coefficient (Wildman–Crippen LogP) is 1.37. The highest BCUT2D eigenvalue weighted by atomic mass is 16.3. The van der Waals surface area contributed by atoms with Gasteiger partial charge in [0.1, 0.15) is 11.5 Å². The fraction of sp³-hybridized carbons (Fsp3) is 0. The molecule has 0 fully saturated rings. The zero-order valence-electron chi connectivity index (χ0n) is 11.6. The van der Waals surface area contributed by atoms with E-state index in [1.807, 2.05) is 0 Å². The number of nitrogens with one attached hydrogen (secondary N) is 1. The summed E-state index contributed by atoms with van der Waals surface area (Å²) < 4.78 is 0. The van der Waals surface area contributed by atoms with Gasteiger partial charge in [0.15, 0.2) is 0 Å². The first-order chi connectivity index (χ1) is 10.6. The molecule has 22 heavy (non-hydrogen) atoms. The Kier molecular flexibility index (Phi) is 5.09. The summed E-state index contributed by atoms with van der Waals surface area (Å²) in [7, 11) is 0. The van der Waals surface area contributed by atoms with Crippen LogP contribution in [-0.2, 0) is 0 Å². The van der Waals surface area contributed by atoms with Crippen LogP contribution in [0.25, 0.3) is 0 Å². The van der Waals surface area contributed by atoms with Crippen molar-refractivity contribution >= 4 is 18.4 Å². The lowest BCUT2D eigenvalue weighted by atomic mass is 10.2. The van der Waals surface area contributed by atoms with Gasteiger partial charge in [0.2, 0.25) is 5.96 Å². The third kappa shape index (κ3) is 4.97. The van der Waals surface area contributed by atoms with E-state index in [2.05, 4.69) is 20.7 Å². The predicted molar refractivity (Wildman–Crippen MR) is 86.2 cm³/mol. The minimum absolute atomic E-state index is 0.0325. The largest absolute Gasteiger partial charge is 0.508 e. The molecule has 0 amide bonds. The summed E-state index contributed by atoms with van der Waals surface area (Å²) >= 11 is 0.